The van der Waals surface area contributed by atoms with Crippen LogP contribution in [0.4, 0.5) is 0 Å². The molecule has 25 heavy (non-hydrogen) atoms. The van der Waals surface area contributed by atoms with Gasteiger partial charge in [-0.1, -0.05) is 24.5 Å². The molecule has 138 valence electrons. The van der Waals surface area contributed by atoms with Crippen molar-refractivity contribution in [1.82, 2.24) is 19.9 Å². The summed E-state index contributed by atoms with van der Waals surface area (Å²) in [5.41, 5.74) is 0.896. The van der Waals surface area contributed by atoms with Crippen molar-refractivity contribution in [2.24, 2.45) is 11.8 Å². The molecule has 2 saturated carbocycles. The largest absolute Gasteiger partial charge is 0.375 e. The van der Waals surface area contributed by atoms with Gasteiger partial charge in [0.05, 0.1) is 18.8 Å². The van der Waals surface area contributed by atoms with Crippen LogP contribution in [-0.2, 0) is 16.1 Å². The molecule has 6 nitrogen and oxygen atoms in total. The van der Waals surface area contributed by atoms with Gasteiger partial charge in [-0.15, -0.1) is 5.10 Å². The fraction of sp³-hybridized carbons (Fsp3) is 0.842. The summed E-state index contributed by atoms with van der Waals surface area (Å²) in [6, 6.07) is 0.264. The predicted molar refractivity (Wildman–Crippen MR) is 93.8 cm³/mol. The van der Waals surface area contributed by atoms with Gasteiger partial charge < -0.3 is 9.64 Å². The van der Waals surface area contributed by atoms with E-state index in [0.29, 0.717) is 18.4 Å². The van der Waals surface area contributed by atoms with Crippen molar-refractivity contribution >= 4 is 5.91 Å². The molecule has 6 heteroatoms. The number of hydrogen-bond acceptors (Lipinski definition) is 4. The van der Waals surface area contributed by atoms with Gasteiger partial charge in [-0.2, -0.15) is 0 Å². The molecule has 1 amide bonds. The number of amides is 1. The van der Waals surface area contributed by atoms with Crippen molar-refractivity contribution in [3.63, 3.8) is 0 Å². The Kier molecular flexibility index (Phi) is 5.34. The van der Waals surface area contributed by atoms with Crippen molar-refractivity contribution in [3.05, 3.63) is 11.9 Å². The second-order valence-corrected chi connectivity index (χ2v) is 8.14. The summed E-state index contributed by atoms with van der Waals surface area (Å²) in [6.45, 7) is 3.02. The zero-order valence-electron chi connectivity index (χ0n) is 15.1. The number of rotatable bonds is 7. The average Bonchev–Trinajstić information content (AvgIpc) is 3.11. The number of carbonyl (C=O) groups is 1. The van der Waals surface area contributed by atoms with Crippen LogP contribution in [0, 0.1) is 11.8 Å². The van der Waals surface area contributed by atoms with Crippen molar-refractivity contribution in [1.29, 1.82) is 0 Å². The molecular formula is C19H30N4O2. The molecule has 2 aliphatic carbocycles. The molecule has 0 spiro atoms. The molecule has 1 aromatic heterocycles. The number of aromatic nitrogens is 3. The summed E-state index contributed by atoms with van der Waals surface area (Å²) >= 11 is 0. The van der Waals surface area contributed by atoms with E-state index >= 15 is 0 Å². The molecule has 3 aliphatic rings. The van der Waals surface area contributed by atoms with Crippen molar-refractivity contribution < 1.29 is 9.53 Å². The summed E-state index contributed by atoms with van der Waals surface area (Å²) < 4.78 is 7.62. The predicted octanol–water partition coefficient (Wildman–Crippen LogP) is 2.95. The van der Waals surface area contributed by atoms with Gasteiger partial charge in [0.15, 0.2) is 0 Å². The molecule has 1 atom stereocenters. The maximum Gasteiger partial charge on any atom is 0.222 e. The smallest absolute Gasteiger partial charge is 0.222 e. The Morgan fingerprint density at radius 1 is 1.12 bits per heavy atom. The van der Waals surface area contributed by atoms with E-state index in [2.05, 4.69) is 10.3 Å². The lowest BCUT2D eigenvalue weighted by molar-refractivity contribution is -0.131. The van der Waals surface area contributed by atoms with Gasteiger partial charge in [-0.05, 0) is 43.9 Å². The van der Waals surface area contributed by atoms with E-state index in [4.69, 9.17) is 4.74 Å². The second-order valence-electron chi connectivity index (χ2n) is 8.14. The Balaban J connectivity index is 1.23. The molecule has 1 aliphatic heterocycles. The van der Waals surface area contributed by atoms with E-state index in [1.54, 1.807) is 0 Å². The van der Waals surface area contributed by atoms with Crippen molar-refractivity contribution in [2.75, 3.05) is 19.7 Å². The van der Waals surface area contributed by atoms with Gasteiger partial charge in [0, 0.05) is 26.1 Å². The molecule has 1 aromatic rings. The molecule has 1 unspecified atom stereocenters. The van der Waals surface area contributed by atoms with E-state index in [-0.39, 0.29) is 6.04 Å². The number of hydrogen-bond donors (Lipinski definition) is 0. The minimum absolute atomic E-state index is 0.264. The van der Waals surface area contributed by atoms with Crippen molar-refractivity contribution in [2.45, 2.75) is 70.4 Å². The Bertz CT molecular complexity index is 578. The first-order chi connectivity index (χ1) is 12.3. The van der Waals surface area contributed by atoms with Gasteiger partial charge in [-0.25, -0.2) is 4.68 Å². The minimum Gasteiger partial charge on any atom is -0.375 e. The zero-order chi connectivity index (χ0) is 17.1. The van der Waals surface area contributed by atoms with Gasteiger partial charge in [0.1, 0.15) is 5.69 Å². The SMILES string of the molecule is O=C(CC1CCCCC1)N1CCC(n2cc(COCC3CC3)nn2)C1. The molecule has 0 aromatic carbocycles. The van der Waals surface area contributed by atoms with Gasteiger partial charge in [0.25, 0.3) is 0 Å². The molecule has 1 saturated heterocycles. The van der Waals surface area contributed by atoms with E-state index in [0.717, 1.165) is 44.1 Å². The van der Waals surface area contributed by atoms with E-state index in [9.17, 15) is 4.79 Å². The summed E-state index contributed by atoms with van der Waals surface area (Å²) in [5.74, 6) is 1.72. The topological polar surface area (TPSA) is 60.2 Å². The highest BCUT2D eigenvalue weighted by Crippen LogP contribution is 2.30. The van der Waals surface area contributed by atoms with Crippen LogP contribution < -0.4 is 0 Å². The van der Waals surface area contributed by atoms with Crippen LogP contribution in [0.3, 0.4) is 0 Å². The Hall–Kier alpha value is -1.43. The Morgan fingerprint density at radius 3 is 2.76 bits per heavy atom. The normalized spacial score (nSPS) is 24.8. The van der Waals surface area contributed by atoms with Gasteiger partial charge >= 0.3 is 0 Å². The first kappa shape index (κ1) is 17.0. The van der Waals surface area contributed by atoms with Crippen LogP contribution in [0.2, 0.25) is 0 Å². The molecule has 0 N–H and O–H groups in total. The van der Waals surface area contributed by atoms with E-state index in [1.807, 2.05) is 15.8 Å². The maximum absolute atomic E-state index is 12.6. The number of ether oxygens (including phenoxy) is 1. The third kappa shape index (κ3) is 4.60. The third-order valence-corrected chi connectivity index (χ3v) is 5.94. The third-order valence-electron chi connectivity index (χ3n) is 5.94. The first-order valence-electron chi connectivity index (χ1n) is 10.0. The summed E-state index contributed by atoms with van der Waals surface area (Å²) in [5, 5.41) is 8.50. The lowest BCUT2D eigenvalue weighted by Crippen LogP contribution is -2.31. The van der Waals surface area contributed by atoms with E-state index < -0.39 is 0 Å². The standard InChI is InChI=1S/C19H30N4O2/c24-19(10-15-4-2-1-3-5-15)22-9-8-18(12-22)23-11-17(20-21-23)14-25-13-16-6-7-16/h11,15-16,18H,1-10,12-14H2. The quantitative estimate of drug-likeness (QED) is 0.761. The Morgan fingerprint density at radius 2 is 1.96 bits per heavy atom. The molecular weight excluding hydrogens is 316 g/mol. The van der Waals surface area contributed by atoms with Gasteiger partial charge in [0.2, 0.25) is 5.91 Å². The molecule has 3 fully saturated rings. The van der Waals surface area contributed by atoms with Crippen LogP contribution in [0.15, 0.2) is 6.20 Å². The number of likely N-dealkylation sites (tertiary alicyclic amines) is 1. The van der Waals surface area contributed by atoms with Crippen LogP contribution in [0.5, 0.6) is 0 Å². The summed E-state index contributed by atoms with van der Waals surface area (Å²) in [4.78, 5) is 14.6. The fourth-order valence-corrected chi connectivity index (χ4v) is 4.12. The summed E-state index contributed by atoms with van der Waals surface area (Å²) in [6.07, 6.45) is 12.7. The lowest BCUT2D eigenvalue weighted by atomic mass is 9.87. The van der Waals surface area contributed by atoms with Gasteiger partial charge in [-0.3, -0.25) is 4.79 Å². The molecule has 0 radical (unpaired) electrons. The van der Waals surface area contributed by atoms with Crippen LogP contribution in [-0.4, -0.2) is 45.5 Å². The lowest BCUT2D eigenvalue weighted by Gasteiger charge is -2.24. The highest BCUT2D eigenvalue weighted by Gasteiger charge is 2.30. The molecule has 4 rings (SSSR count). The molecule has 0 bridgehead atoms. The summed E-state index contributed by atoms with van der Waals surface area (Å²) in [7, 11) is 0. The van der Waals surface area contributed by atoms with Crippen LogP contribution in [0.1, 0.15) is 69.5 Å². The second kappa shape index (κ2) is 7.85. The minimum atomic E-state index is 0.264. The maximum atomic E-state index is 12.6. The van der Waals surface area contributed by atoms with Crippen LogP contribution in [0.25, 0.3) is 0 Å². The average molecular weight is 346 g/mol. The fourth-order valence-electron chi connectivity index (χ4n) is 4.12. The highest BCUT2D eigenvalue weighted by molar-refractivity contribution is 5.76. The monoisotopic (exact) mass is 346 g/mol. The first-order valence-corrected chi connectivity index (χ1v) is 10.0. The molecule has 2 heterocycles. The number of carbonyl (C=O) groups excluding carboxylic acids is 1. The van der Waals surface area contributed by atoms with Crippen molar-refractivity contribution in [3.8, 4) is 0 Å². The Labute approximate surface area is 149 Å². The number of nitrogens with zero attached hydrogens (tertiary/aromatic N) is 4. The highest BCUT2D eigenvalue weighted by atomic mass is 16.5. The van der Waals surface area contributed by atoms with E-state index in [1.165, 1.54) is 44.9 Å². The zero-order valence-corrected chi connectivity index (χ0v) is 15.1. The van der Waals surface area contributed by atoms with Crippen LogP contribution >= 0.6 is 0 Å².